The van der Waals surface area contributed by atoms with E-state index < -0.39 is 7.60 Å². The lowest BCUT2D eigenvalue weighted by Crippen LogP contribution is -2.30. The van der Waals surface area contributed by atoms with Gasteiger partial charge >= 0.3 is 7.60 Å². The molecular formula is C30H35N4O5P. The molecule has 4 N–H and O–H groups in total. The van der Waals surface area contributed by atoms with Crippen molar-refractivity contribution >= 4 is 46.8 Å². The number of hydrogen-bond acceptors (Lipinski definition) is 7. The second kappa shape index (κ2) is 13.1. The first kappa shape index (κ1) is 29.2. The highest BCUT2D eigenvalue weighted by Crippen LogP contribution is 2.47. The zero-order chi connectivity index (χ0) is 28.7. The SMILES string of the molecule is CCOP(=O)(OCC)c1ccc2[nH]c(O)c(C(=Nc3ccc(N(CCCN)C(C)=O)cc3)c3ccccc3)c2c1. The van der Waals surface area contributed by atoms with E-state index in [4.69, 9.17) is 19.8 Å². The molecule has 0 radical (unpaired) electrons. The quantitative estimate of drug-likeness (QED) is 0.151. The maximum atomic E-state index is 13.5. The predicted octanol–water partition coefficient (Wildman–Crippen LogP) is 5.64. The second-order valence-corrected chi connectivity index (χ2v) is 11.1. The van der Waals surface area contributed by atoms with E-state index in [9.17, 15) is 14.5 Å². The van der Waals surface area contributed by atoms with Crippen LogP contribution in [0.25, 0.3) is 10.9 Å². The van der Waals surface area contributed by atoms with E-state index in [0.717, 1.165) is 11.3 Å². The van der Waals surface area contributed by atoms with Gasteiger partial charge < -0.3 is 29.8 Å². The number of anilines is 1. The topological polar surface area (TPSA) is 130 Å². The van der Waals surface area contributed by atoms with Gasteiger partial charge in [-0.25, -0.2) is 4.99 Å². The molecule has 0 aliphatic heterocycles. The molecule has 9 nitrogen and oxygen atoms in total. The van der Waals surface area contributed by atoms with Gasteiger partial charge in [-0.15, -0.1) is 0 Å². The first-order chi connectivity index (χ1) is 19.3. The van der Waals surface area contributed by atoms with Crippen LogP contribution in [-0.2, 0) is 18.4 Å². The number of nitrogens with two attached hydrogens (primary N) is 1. The van der Waals surface area contributed by atoms with Crippen LogP contribution in [-0.4, -0.2) is 48.0 Å². The number of carbonyl (C=O) groups excluding carboxylic acids is 1. The summed E-state index contributed by atoms with van der Waals surface area (Å²) in [7, 11) is -3.56. The first-order valence-corrected chi connectivity index (χ1v) is 14.8. The van der Waals surface area contributed by atoms with Crippen molar-refractivity contribution in [3.05, 3.63) is 83.9 Å². The summed E-state index contributed by atoms with van der Waals surface area (Å²) in [6, 6.07) is 22.0. The third kappa shape index (κ3) is 6.35. The fraction of sp³-hybridized carbons (Fsp3) is 0.267. The van der Waals surface area contributed by atoms with Crippen LogP contribution in [0.15, 0.2) is 77.8 Å². The van der Waals surface area contributed by atoms with E-state index in [1.54, 1.807) is 36.9 Å². The molecular weight excluding hydrogens is 527 g/mol. The zero-order valence-electron chi connectivity index (χ0n) is 23.0. The van der Waals surface area contributed by atoms with Gasteiger partial charge in [-0.2, -0.15) is 0 Å². The van der Waals surface area contributed by atoms with E-state index in [-0.39, 0.29) is 25.0 Å². The third-order valence-electron chi connectivity index (χ3n) is 6.33. The van der Waals surface area contributed by atoms with Gasteiger partial charge in [0.25, 0.3) is 0 Å². The van der Waals surface area contributed by atoms with Crippen LogP contribution >= 0.6 is 7.60 Å². The Labute approximate surface area is 234 Å². The summed E-state index contributed by atoms with van der Waals surface area (Å²) in [4.78, 5) is 21.8. The van der Waals surface area contributed by atoms with Crippen molar-refractivity contribution in [1.82, 2.24) is 4.98 Å². The Balaban J connectivity index is 1.85. The molecule has 0 saturated carbocycles. The molecule has 1 aromatic heterocycles. The van der Waals surface area contributed by atoms with Crippen molar-refractivity contribution in [3.63, 3.8) is 0 Å². The summed E-state index contributed by atoms with van der Waals surface area (Å²) in [5.41, 5.74) is 9.42. The zero-order valence-corrected chi connectivity index (χ0v) is 23.9. The maximum absolute atomic E-state index is 13.5. The summed E-state index contributed by atoms with van der Waals surface area (Å²) < 4.78 is 24.6. The summed E-state index contributed by atoms with van der Waals surface area (Å²) in [5.74, 6) is -0.135. The molecule has 0 aliphatic rings. The van der Waals surface area contributed by atoms with E-state index in [0.29, 0.717) is 52.7 Å². The minimum absolute atomic E-state index is 0.0643. The molecule has 4 aromatic rings. The minimum atomic E-state index is -3.56. The van der Waals surface area contributed by atoms with Crippen molar-refractivity contribution in [2.45, 2.75) is 27.2 Å². The summed E-state index contributed by atoms with van der Waals surface area (Å²) >= 11 is 0. The molecule has 4 rings (SSSR count). The van der Waals surface area contributed by atoms with Crippen LogP contribution in [0.2, 0.25) is 0 Å². The number of hydrogen-bond donors (Lipinski definition) is 3. The lowest BCUT2D eigenvalue weighted by molar-refractivity contribution is -0.116. The molecule has 0 unspecified atom stereocenters. The number of carbonyl (C=O) groups is 1. The highest BCUT2D eigenvalue weighted by molar-refractivity contribution is 7.62. The minimum Gasteiger partial charge on any atom is -0.494 e. The molecule has 0 aliphatic carbocycles. The number of rotatable bonds is 12. The lowest BCUT2D eigenvalue weighted by Gasteiger charge is -2.21. The standard InChI is InChI=1S/C30H35N4O5P/c1-4-38-40(37,39-5-2)25-16-17-27-26(20-25)28(30(36)33-27)29(22-10-7-6-8-11-22)32-23-12-14-24(15-13-23)34(21(3)35)19-9-18-31/h6-8,10-17,20,33,36H,4-5,9,18-19,31H2,1-3H3. The molecule has 210 valence electrons. The first-order valence-electron chi connectivity index (χ1n) is 13.3. The van der Waals surface area contributed by atoms with Gasteiger partial charge in [-0.1, -0.05) is 30.3 Å². The molecule has 0 atom stereocenters. The number of nitrogens with zero attached hydrogens (tertiary/aromatic N) is 2. The fourth-order valence-electron chi connectivity index (χ4n) is 4.52. The molecule has 1 heterocycles. The Hall–Kier alpha value is -3.75. The molecule has 1 amide bonds. The normalized spacial score (nSPS) is 12.2. The number of amides is 1. The number of aromatic nitrogens is 1. The average molecular weight is 563 g/mol. The van der Waals surface area contributed by atoms with Crippen LogP contribution < -0.4 is 15.9 Å². The van der Waals surface area contributed by atoms with Gasteiger partial charge in [-0.05, 0) is 69.3 Å². The van der Waals surface area contributed by atoms with Gasteiger partial charge in [-0.3, -0.25) is 9.36 Å². The van der Waals surface area contributed by atoms with Crippen LogP contribution in [0.1, 0.15) is 38.3 Å². The molecule has 0 fully saturated rings. The number of H-pyrrole nitrogens is 1. The predicted molar refractivity (Wildman–Crippen MR) is 160 cm³/mol. The van der Waals surface area contributed by atoms with Crippen molar-refractivity contribution in [3.8, 4) is 5.88 Å². The maximum Gasteiger partial charge on any atom is 0.361 e. The van der Waals surface area contributed by atoms with Gasteiger partial charge in [0.15, 0.2) is 5.88 Å². The molecule has 3 aromatic carbocycles. The summed E-state index contributed by atoms with van der Waals surface area (Å²) in [5, 5.41) is 12.1. The number of aromatic amines is 1. The van der Waals surface area contributed by atoms with Crippen LogP contribution in [0, 0.1) is 0 Å². The number of benzene rings is 3. The third-order valence-corrected chi connectivity index (χ3v) is 8.44. The van der Waals surface area contributed by atoms with Crippen molar-refractivity contribution < 1.29 is 23.5 Å². The van der Waals surface area contributed by atoms with Gasteiger partial charge in [0.05, 0.1) is 35.5 Å². The Morgan fingerprint density at radius 2 is 1.70 bits per heavy atom. The lowest BCUT2D eigenvalue weighted by atomic mass is 10.0. The smallest absolute Gasteiger partial charge is 0.361 e. The Bertz CT molecular complexity index is 1520. The second-order valence-electron chi connectivity index (χ2n) is 9.07. The van der Waals surface area contributed by atoms with Crippen LogP contribution in [0.5, 0.6) is 5.88 Å². The average Bonchev–Trinajstić information content (AvgIpc) is 3.28. The van der Waals surface area contributed by atoms with Gasteiger partial charge in [0.1, 0.15) is 0 Å². The Kier molecular flexibility index (Phi) is 9.55. The van der Waals surface area contributed by atoms with E-state index in [2.05, 4.69) is 4.98 Å². The molecule has 0 bridgehead atoms. The van der Waals surface area contributed by atoms with Crippen LogP contribution in [0.3, 0.4) is 0 Å². The highest BCUT2D eigenvalue weighted by Gasteiger charge is 2.28. The number of fused-ring (bicyclic) bond motifs is 1. The molecule has 0 spiro atoms. The van der Waals surface area contributed by atoms with Crippen molar-refractivity contribution in [2.24, 2.45) is 10.7 Å². The van der Waals surface area contributed by atoms with Crippen LogP contribution in [0.4, 0.5) is 11.4 Å². The molecule has 40 heavy (non-hydrogen) atoms. The highest BCUT2D eigenvalue weighted by atomic mass is 31.2. The van der Waals surface area contributed by atoms with E-state index in [1.165, 1.54) is 6.92 Å². The van der Waals surface area contributed by atoms with E-state index in [1.807, 2.05) is 54.6 Å². The van der Waals surface area contributed by atoms with Gasteiger partial charge in [0, 0.05) is 35.6 Å². The number of aromatic hydroxyl groups is 1. The Morgan fingerprint density at radius 1 is 1.02 bits per heavy atom. The monoisotopic (exact) mass is 562 g/mol. The summed E-state index contributed by atoms with van der Waals surface area (Å²) in [6.45, 7) is 6.52. The number of aliphatic imine (C=N–C) groups is 1. The van der Waals surface area contributed by atoms with Gasteiger partial charge in [0.2, 0.25) is 5.91 Å². The summed E-state index contributed by atoms with van der Waals surface area (Å²) in [6.07, 6.45) is 0.693. The molecule has 0 saturated heterocycles. The van der Waals surface area contributed by atoms with Crippen molar-refractivity contribution in [2.75, 3.05) is 31.2 Å². The fourth-order valence-corrected chi connectivity index (χ4v) is 6.11. The molecule has 10 heteroatoms. The van der Waals surface area contributed by atoms with Crippen molar-refractivity contribution in [1.29, 1.82) is 0 Å². The van der Waals surface area contributed by atoms with E-state index >= 15 is 0 Å². The Morgan fingerprint density at radius 3 is 2.30 bits per heavy atom. The largest absolute Gasteiger partial charge is 0.494 e. The number of nitrogens with one attached hydrogen (secondary N) is 1.